The van der Waals surface area contributed by atoms with Gasteiger partial charge in [-0.3, -0.25) is 4.79 Å². The number of rotatable bonds is 5. The summed E-state index contributed by atoms with van der Waals surface area (Å²) in [5.74, 6) is 0.242. The van der Waals surface area contributed by atoms with E-state index in [0.717, 1.165) is 40.8 Å². The number of para-hydroxylation sites is 2. The number of benzene rings is 4. The fraction of sp³-hybridized carbons (Fsp3) is 0.235. The van der Waals surface area contributed by atoms with Crippen LogP contribution < -0.4 is 0 Å². The van der Waals surface area contributed by atoms with Gasteiger partial charge < -0.3 is 19.9 Å². The minimum atomic E-state index is -1.27. The zero-order valence-electron chi connectivity index (χ0n) is 23.8. The van der Waals surface area contributed by atoms with Crippen molar-refractivity contribution in [1.29, 1.82) is 0 Å². The SMILES string of the molecule is BC(c1nc2ccccc2[nH]1)(c1cc(F)ccc1O)N1Cc2ccc(-c3ccc(C4CCN(C)CC4)cc3)cc2C1=O. The van der Waals surface area contributed by atoms with Crippen LogP contribution in [0.15, 0.2) is 84.9 Å². The van der Waals surface area contributed by atoms with E-state index in [1.165, 1.54) is 36.6 Å². The van der Waals surface area contributed by atoms with Gasteiger partial charge in [0.05, 0.1) is 16.5 Å². The third-order valence-electron chi connectivity index (χ3n) is 9.22. The molecule has 1 unspecified atom stereocenters. The van der Waals surface area contributed by atoms with E-state index in [-0.39, 0.29) is 17.2 Å². The van der Waals surface area contributed by atoms with Crippen LogP contribution in [0.5, 0.6) is 5.75 Å². The molecule has 1 amide bonds. The Labute approximate surface area is 245 Å². The maximum absolute atomic E-state index is 14.6. The second-order valence-electron chi connectivity index (χ2n) is 11.8. The molecule has 0 saturated carbocycles. The van der Waals surface area contributed by atoms with Crippen LogP contribution in [-0.4, -0.2) is 58.8 Å². The first-order chi connectivity index (χ1) is 20.3. The molecular weight excluding hydrogens is 526 g/mol. The number of H-pyrrole nitrogens is 1. The third-order valence-corrected chi connectivity index (χ3v) is 9.22. The Hall–Kier alpha value is -4.43. The lowest BCUT2D eigenvalue weighted by Gasteiger charge is -2.38. The normalized spacial score (nSPS) is 17.5. The minimum absolute atomic E-state index is 0.103. The summed E-state index contributed by atoms with van der Waals surface area (Å²) in [6, 6.07) is 26.1. The summed E-state index contributed by atoms with van der Waals surface area (Å²) < 4.78 is 14.6. The number of carbonyl (C=O) groups is 1. The molecule has 2 aliphatic rings. The molecule has 4 aromatic carbocycles. The lowest BCUT2D eigenvalue weighted by atomic mass is 9.69. The van der Waals surface area contributed by atoms with E-state index in [2.05, 4.69) is 47.3 Å². The predicted octanol–water partition coefficient (Wildman–Crippen LogP) is 5.37. The number of aromatic amines is 1. The van der Waals surface area contributed by atoms with Crippen molar-refractivity contribution in [3.8, 4) is 16.9 Å². The van der Waals surface area contributed by atoms with Gasteiger partial charge in [0.1, 0.15) is 17.4 Å². The van der Waals surface area contributed by atoms with Crippen molar-refractivity contribution < 1.29 is 14.3 Å². The van der Waals surface area contributed by atoms with Crippen molar-refractivity contribution >= 4 is 24.8 Å². The smallest absolute Gasteiger partial charge is 0.255 e. The zero-order valence-corrected chi connectivity index (χ0v) is 23.8. The van der Waals surface area contributed by atoms with E-state index in [4.69, 9.17) is 4.98 Å². The van der Waals surface area contributed by atoms with E-state index >= 15 is 0 Å². The number of aromatic hydroxyl groups is 1. The van der Waals surface area contributed by atoms with Gasteiger partial charge in [0.15, 0.2) is 7.85 Å². The molecule has 1 fully saturated rings. The molecule has 2 aliphatic heterocycles. The van der Waals surface area contributed by atoms with Gasteiger partial charge in [-0.2, -0.15) is 0 Å². The highest BCUT2D eigenvalue weighted by Gasteiger charge is 2.46. The van der Waals surface area contributed by atoms with Crippen LogP contribution in [0.2, 0.25) is 0 Å². The Bertz CT molecular complexity index is 1780. The van der Waals surface area contributed by atoms with Gasteiger partial charge in [0, 0.05) is 17.7 Å². The summed E-state index contributed by atoms with van der Waals surface area (Å²) in [5, 5.41) is 10.9. The number of likely N-dealkylation sites (tertiary alicyclic amines) is 1. The van der Waals surface area contributed by atoms with Gasteiger partial charge in [0.25, 0.3) is 5.91 Å². The number of nitrogens with one attached hydrogen (secondary N) is 1. The molecule has 210 valence electrons. The predicted molar refractivity (Wildman–Crippen MR) is 165 cm³/mol. The summed E-state index contributed by atoms with van der Waals surface area (Å²) in [6.07, 6.45) is 2.34. The Balaban J connectivity index is 1.25. The molecule has 3 heterocycles. The third kappa shape index (κ3) is 4.38. The summed E-state index contributed by atoms with van der Waals surface area (Å²) in [7, 11) is 3.99. The largest absolute Gasteiger partial charge is 0.508 e. The molecule has 5 aromatic rings. The van der Waals surface area contributed by atoms with Crippen molar-refractivity contribution in [1.82, 2.24) is 19.8 Å². The summed E-state index contributed by atoms with van der Waals surface area (Å²) in [5.41, 5.74) is 5.40. The van der Waals surface area contributed by atoms with Crippen molar-refractivity contribution in [3.63, 3.8) is 0 Å². The molecule has 0 spiro atoms. The van der Waals surface area contributed by atoms with Crippen LogP contribution in [0.3, 0.4) is 0 Å². The van der Waals surface area contributed by atoms with Crippen LogP contribution in [0, 0.1) is 5.82 Å². The average molecular weight is 558 g/mol. The van der Waals surface area contributed by atoms with Crippen molar-refractivity contribution in [2.75, 3.05) is 20.1 Å². The Kier molecular flexibility index (Phi) is 6.39. The molecule has 1 saturated heterocycles. The number of phenolic OH excluding ortho intramolecular Hbond substituents is 1. The lowest BCUT2D eigenvalue weighted by Crippen LogP contribution is -2.48. The number of hydrogen-bond donors (Lipinski definition) is 2. The van der Waals surface area contributed by atoms with E-state index in [0.29, 0.717) is 23.9 Å². The van der Waals surface area contributed by atoms with Crippen molar-refractivity contribution in [2.45, 2.75) is 30.7 Å². The summed E-state index contributed by atoms with van der Waals surface area (Å²) in [4.78, 5) is 26.4. The molecule has 1 atom stereocenters. The Morgan fingerprint density at radius 1 is 0.976 bits per heavy atom. The van der Waals surface area contributed by atoms with E-state index in [1.54, 1.807) is 4.90 Å². The first-order valence-electron chi connectivity index (χ1n) is 14.5. The van der Waals surface area contributed by atoms with Gasteiger partial charge in [-0.1, -0.05) is 48.5 Å². The quantitative estimate of drug-likeness (QED) is 0.285. The number of imidazole rings is 1. The summed E-state index contributed by atoms with van der Waals surface area (Å²) in [6.45, 7) is 2.54. The molecule has 0 aliphatic carbocycles. The van der Waals surface area contributed by atoms with Gasteiger partial charge in [0.2, 0.25) is 0 Å². The van der Waals surface area contributed by atoms with Crippen molar-refractivity contribution in [3.05, 3.63) is 119 Å². The summed E-state index contributed by atoms with van der Waals surface area (Å²) >= 11 is 0. The van der Waals surface area contributed by atoms with Crippen molar-refractivity contribution in [2.24, 2.45) is 0 Å². The number of hydrogen-bond acceptors (Lipinski definition) is 4. The first kappa shape index (κ1) is 26.5. The number of carbonyl (C=O) groups excluding carboxylic acids is 1. The second kappa shape index (κ2) is 10.1. The number of halogens is 1. The second-order valence-corrected chi connectivity index (χ2v) is 11.8. The number of amides is 1. The molecule has 42 heavy (non-hydrogen) atoms. The highest BCUT2D eigenvalue weighted by Crippen LogP contribution is 2.43. The van der Waals surface area contributed by atoms with Crippen LogP contribution >= 0.6 is 0 Å². The van der Waals surface area contributed by atoms with Gasteiger partial charge >= 0.3 is 0 Å². The Morgan fingerprint density at radius 2 is 1.71 bits per heavy atom. The van der Waals surface area contributed by atoms with Gasteiger partial charge in [-0.25, -0.2) is 9.37 Å². The highest BCUT2D eigenvalue weighted by molar-refractivity contribution is 6.20. The fourth-order valence-corrected chi connectivity index (χ4v) is 6.61. The van der Waals surface area contributed by atoms with E-state index < -0.39 is 11.3 Å². The monoisotopic (exact) mass is 558 g/mol. The number of piperidine rings is 1. The number of nitrogens with zero attached hydrogens (tertiary/aromatic N) is 3. The zero-order chi connectivity index (χ0) is 29.0. The minimum Gasteiger partial charge on any atom is -0.508 e. The topological polar surface area (TPSA) is 72.5 Å². The molecule has 2 N–H and O–H groups in total. The first-order valence-corrected chi connectivity index (χ1v) is 14.5. The van der Waals surface area contributed by atoms with Crippen LogP contribution in [-0.2, 0) is 12.0 Å². The maximum Gasteiger partial charge on any atom is 0.255 e. The molecular formula is C34H32BFN4O2. The van der Waals surface area contributed by atoms with Gasteiger partial charge in [-0.05, 0) is 97.5 Å². The molecule has 1 aromatic heterocycles. The standard InChI is InChI=1S/C34H32BFN4O2/c1-39-16-14-23(15-17-39)21-6-8-22(9-7-21)24-10-11-25-20-40(32(42)27(25)18-24)34(35,28-19-26(36)12-13-31(28)41)33-37-29-4-2-3-5-30(29)38-33/h2-13,18-19,23,41H,14-17,20,35H2,1H3,(H,37,38). The lowest BCUT2D eigenvalue weighted by molar-refractivity contribution is 0.0680. The van der Waals surface area contributed by atoms with E-state index in [1.807, 2.05) is 44.2 Å². The Morgan fingerprint density at radius 3 is 2.48 bits per heavy atom. The average Bonchev–Trinajstić information content (AvgIpc) is 3.60. The maximum atomic E-state index is 14.6. The van der Waals surface area contributed by atoms with Gasteiger partial charge in [-0.15, -0.1) is 0 Å². The van der Waals surface area contributed by atoms with Crippen LogP contribution in [0.25, 0.3) is 22.2 Å². The number of phenols is 1. The molecule has 8 heteroatoms. The van der Waals surface area contributed by atoms with Crippen LogP contribution in [0.4, 0.5) is 4.39 Å². The van der Waals surface area contributed by atoms with Crippen LogP contribution in [0.1, 0.15) is 51.6 Å². The molecule has 0 radical (unpaired) electrons. The highest BCUT2D eigenvalue weighted by atomic mass is 19.1. The number of fused-ring (bicyclic) bond motifs is 2. The molecule has 0 bridgehead atoms. The number of aromatic nitrogens is 2. The van der Waals surface area contributed by atoms with E-state index in [9.17, 15) is 14.3 Å². The molecule has 6 nitrogen and oxygen atoms in total. The fourth-order valence-electron chi connectivity index (χ4n) is 6.61. The molecule has 7 rings (SSSR count).